The Balaban J connectivity index is 2.92. The average Bonchev–Trinajstić information content (AvgIpc) is 2.28. The number of hydrogen-bond donors (Lipinski definition) is 1. The molecule has 0 aliphatic carbocycles. The van der Waals surface area contributed by atoms with Gasteiger partial charge in [-0.15, -0.1) is 0 Å². The third-order valence-corrected chi connectivity index (χ3v) is 2.36. The predicted octanol–water partition coefficient (Wildman–Crippen LogP) is 2.42. The molecule has 0 fully saturated rings. The van der Waals surface area contributed by atoms with Crippen LogP contribution in [-0.4, -0.2) is 13.0 Å². The molecule has 0 aromatic heterocycles. The molecule has 1 rings (SSSR count). The van der Waals surface area contributed by atoms with Crippen LogP contribution in [0.4, 0.5) is 4.39 Å². The van der Waals surface area contributed by atoms with Crippen LogP contribution in [0.25, 0.3) is 0 Å². The molecule has 0 aliphatic heterocycles. The number of amides is 1. The number of benzene rings is 1. The first-order valence-electron chi connectivity index (χ1n) is 5.21. The van der Waals surface area contributed by atoms with Crippen LogP contribution in [0.1, 0.15) is 31.9 Å². The first-order chi connectivity index (χ1) is 7.58. The zero-order chi connectivity index (χ0) is 12.1. The van der Waals surface area contributed by atoms with Crippen LogP contribution in [-0.2, 0) is 4.79 Å². The molecule has 0 aliphatic rings. The van der Waals surface area contributed by atoms with Crippen molar-refractivity contribution in [1.29, 1.82) is 0 Å². The predicted molar refractivity (Wildman–Crippen MR) is 59.8 cm³/mol. The van der Waals surface area contributed by atoms with E-state index >= 15 is 0 Å². The minimum atomic E-state index is -0.339. The molecular formula is C12H16FNO2. The lowest BCUT2D eigenvalue weighted by atomic mass is 10.1. The molecule has 16 heavy (non-hydrogen) atoms. The van der Waals surface area contributed by atoms with Crippen molar-refractivity contribution in [3.8, 4) is 5.75 Å². The fourth-order valence-corrected chi connectivity index (χ4v) is 1.46. The molecule has 0 saturated carbocycles. The Bertz CT molecular complexity index is 379. The minimum Gasteiger partial charge on any atom is -0.496 e. The van der Waals surface area contributed by atoms with E-state index in [0.717, 1.165) is 0 Å². The van der Waals surface area contributed by atoms with Gasteiger partial charge in [-0.3, -0.25) is 4.79 Å². The van der Waals surface area contributed by atoms with E-state index in [9.17, 15) is 9.18 Å². The van der Waals surface area contributed by atoms with Gasteiger partial charge >= 0.3 is 0 Å². The summed E-state index contributed by atoms with van der Waals surface area (Å²) in [4.78, 5) is 11.2. The Morgan fingerprint density at radius 3 is 2.81 bits per heavy atom. The van der Waals surface area contributed by atoms with E-state index in [1.165, 1.54) is 19.2 Å². The second-order valence-corrected chi connectivity index (χ2v) is 3.53. The molecule has 1 atom stereocenters. The highest BCUT2D eigenvalue weighted by Gasteiger charge is 2.13. The summed E-state index contributed by atoms with van der Waals surface area (Å²) in [6.07, 6.45) is 0.405. The lowest BCUT2D eigenvalue weighted by molar-refractivity contribution is -0.121. The zero-order valence-corrected chi connectivity index (χ0v) is 9.71. The maximum atomic E-state index is 13.1. The number of rotatable bonds is 4. The van der Waals surface area contributed by atoms with Crippen molar-refractivity contribution in [2.45, 2.75) is 26.3 Å². The Morgan fingerprint density at radius 2 is 2.25 bits per heavy atom. The van der Waals surface area contributed by atoms with E-state index in [-0.39, 0.29) is 17.8 Å². The first-order valence-corrected chi connectivity index (χ1v) is 5.21. The summed E-state index contributed by atoms with van der Waals surface area (Å²) < 4.78 is 18.2. The van der Waals surface area contributed by atoms with Gasteiger partial charge in [-0.05, 0) is 25.1 Å². The molecule has 1 aromatic rings. The van der Waals surface area contributed by atoms with Crippen molar-refractivity contribution >= 4 is 5.91 Å². The second kappa shape index (κ2) is 5.49. The fourth-order valence-electron chi connectivity index (χ4n) is 1.46. The first kappa shape index (κ1) is 12.5. The van der Waals surface area contributed by atoms with Crippen LogP contribution in [0, 0.1) is 5.82 Å². The van der Waals surface area contributed by atoms with E-state index in [4.69, 9.17) is 4.74 Å². The number of nitrogens with one attached hydrogen (secondary N) is 1. The molecule has 0 saturated heterocycles. The van der Waals surface area contributed by atoms with Crippen LogP contribution >= 0.6 is 0 Å². The van der Waals surface area contributed by atoms with E-state index in [2.05, 4.69) is 5.32 Å². The highest BCUT2D eigenvalue weighted by Crippen LogP contribution is 2.25. The van der Waals surface area contributed by atoms with Crippen LogP contribution in [0.15, 0.2) is 18.2 Å². The summed E-state index contributed by atoms with van der Waals surface area (Å²) in [6, 6.07) is 3.99. The van der Waals surface area contributed by atoms with Gasteiger partial charge in [-0.2, -0.15) is 0 Å². The molecule has 4 heteroatoms. The molecule has 0 spiro atoms. The van der Waals surface area contributed by atoms with E-state index in [1.807, 2.05) is 0 Å². The number of halogens is 1. The Morgan fingerprint density at radius 1 is 1.56 bits per heavy atom. The third kappa shape index (κ3) is 2.95. The van der Waals surface area contributed by atoms with Gasteiger partial charge in [0, 0.05) is 12.0 Å². The number of ether oxygens (including phenoxy) is 1. The van der Waals surface area contributed by atoms with E-state index < -0.39 is 0 Å². The lowest BCUT2D eigenvalue weighted by Crippen LogP contribution is -2.26. The topological polar surface area (TPSA) is 38.3 Å². The molecule has 0 radical (unpaired) electrons. The van der Waals surface area contributed by atoms with Gasteiger partial charge in [-0.25, -0.2) is 4.39 Å². The van der Waals surface area contributed by atoms with Crippen molar-refractivity contribution in [3.63, 3.8) is 0 Å². The second-order valence-electron chi connectivity index (χ2n) is 3.53. The van der Waals surface area contributed by atoms with Crippen LogP contribution < -0.4 is 10.1 Å². The summed E-state index contributed by atoms with van der Waals surface area (Å²) in [5.41, 5.74) is 0.643. The number of carbonyl (C=O) groups excluding carboxylic acids is 1. The van der Waals surface area contributed by atoms with Gasteiger partial charge < -0.3 is 10.1 Å². The monoisotopic (exact) mass is 225 g/mol. The standard InChI is InChI=1S/C12H16FNO2/c1-4-12(15)14-8(2)10-7-9(13)5-6-11(10)16-3/h5-8H,4H2,1-3H3,(H,14,15). The van der Waals surface area contributed by atoms with Gasteiger partial charge in [0.1, 0.15) is 11.6 Å². The smallest absolute Gasteiger partial charge is 0.220 e. The van der Waals surface area contributed by atoms with Gasteiger partial charge in [0.15, 0.2) is 0 Å². The molecule has 0 bridgehead atoms. The van der Waals surface area contributed by atoms with Crippen molar-refractivity contribution in [3.05, 3.63) is 29.6 Å². The summed E-state index contributed by atoms with van der Waals surface area (Å²) >= 11 is 0. The van der Waals surface area contributed by atoms with Crippen LogP contribution in [0.5, 0.6) is 5.75 Å². The number of carbonyl (C=O) groups is 1. The van der Waals surface area contributed by atoms with E-state index in [0.29, 0.717) is 17.7 Å². The molecule has 1 N–H and O–H groups in total. The van der Waals surface area contributed by atoms with Crippen molar-refractivity contribution in [2.24, 2.45) is 0 Å². The highest BCUT2D eigenvalue weighted by atomic mass is 19.1. The normalized spacial score (nSPS) is 12.0. The minimum absolute atomic E-state index is 0.0705. The highest BCUT2D eigenvalue weighted by molar-refractivity contribution is 5.76. The van der Waals surface area contributed by atoms with Crippen molar-refractivity contribution in [1.82, 2.24) is 5.32 Å². The van der Waals surface area contributed by atoms with Gasteiger partial charge in [0.05, 0.1) is 13.2 Å². The van der Waals surface area contributed by atoms with Crippen molar-refractivity contribution < 1.29 is 13.9 Å². The fraction of sp³-hybridized carbons (Fsp3) is 0.417. The molecule has 88 valence electrons. The summed E-state index contributed by atoms with van der Waals surface area (Å²) in [6.45, 7) is 3.57. The summed E-state index contributed by atoms with van der Waals surface area (Å²) in [5.74, 6) is 0.164. The maximum absolute atomic E-state index is 13.1. The Labute approximate surface area is 94.6 Å². The number of methoxy groups -OCH3 is 1. The third-order valence-electron chi connectivity index (χ3n) is 2.36. The van der Waals surface area contributed by atoms with Crippen LogP contribution in [0.2, 0.25) is 0 Å². The molecule has 1 unspecified atom stereocenters. The molecule has 0 heterocycles. The zero-order valence-electron chi connectivity index (χ0n) is 9.71. The summed E-state index contributed by atoms with van der Waals surface area (Å²) in [5, 5.41) is 2.76. The summed E-state index contributed by atoms with van der Waals surface area (Å²) in [7, 11) is 1.52. The quantitative estimate of drug-likeness (QED) is 0.854. The maximum Gasteiger partial charge on any atom is 0.220 e. The van der Waals surface area contributed by atoms with Crippen molar-refractivity contribution in [2.75, 3.05) is 7.11 Å². The number of hydrogen-bond acceptors (Lipinski definition) is 2. The molecule has 1 aromatic carbocycles. The molecule has 1 amide bonds. The average molecular weight is 225 g/mol. The Kier molecular flexibility index (Phi) is 4.28. The molecule has 3 nitrogen and oxygen atoms in total. The van der Waals surface area contributed by atoms with Gasteiger partial charge in [0.25, 0.3) is 0 Å². The van der Waals surface area contributed by atoms with Gasteiger partial charge in [0.2, 0.25) is 5.91 Å². The SMILES string of the molecule is CCC(=O)NC(C)c1cc(F)ccc1OC. The molecular weight excluding hydrogens is 209 g/mol. The van der Waals surface area contributed by atoms with Gasteiger partial charge in [-0.1, -0.05) is 6.92 Å². The van der Waals surface area contributed by atoms with E-state index in [1.54, 1.807) is 19.9 Å². The van der Waals surface area contributed by atoms with Crippen LogP contribution in [0.3, 0.4) is 0 Å². The lowest BCUT2D eigenvalue weighted by Gasteiger charge is -2.16. The Hall–Kier alpha value is -1.58. The largest absolute Gasteiger partial charge is 0.496 e.